The number of hydrogen-bond acceptors (Lipinski definition) is 4. The number of carbonyl (C=O) groups excluding carboxylic acids is 2. The molecule has 0 aromatic rings. The molecule has 0 aromatic heterocycles. The number of rotatable bonds is 5. The van der Waals surface area contributed by atoms with Crippen LogP contribution in [0.15, 0.2) is 12.7 Å². The largest absolute Gasteiger partial charge is 0.460 e. The first-order chi connectivity index (χ1) is 5.57. The lowest BCUT2D eigenvalue weighted by molar-refractivity contribution is -0.145. The van der Waals surface area contributed by atoms with Gasteiger partial charge in [-0.15, -0.1) is 0 Å². The summed E-state index contributed by atoms with van der Waals surface area (Å²) in [6.45, 7) is 3.43. The first-order valence-corrected chi connectivity index (χ1v) is 3.39. The second-order valence-electron chi connectivity index (χ2n) is 2.20. The highest BCUT2D eigenvalue weighted by Gasteiger charge is 2.16. The predicted octanol–water partition coefficient (Wildman–Crippen LogP) is -1.08. The van der Waals surface area contributed by atoms with Crippen molar-refractivity contribution in [3.8, 4) is 0 Å². The Hall–Kier alpha value is -1.36. The molecule has 0 rings (SSSR count). The summed E-state index contributed by atoms with van der Waals surface area (Å²) in [6, 6.07) is -0.970. The van der Waals surface area contributed by atoms with Gasteiger partial charge in [0.2, 0.25) is 5.91 Å². The van der Waals surface area contributed by atoms with Gasteiger partial charge in [0.25, 0.3) is 0 Å². The fourth-order valence-electron chi connectivity index (χ4n) is 0.548. The van der Waals surface area contributed by atoms with Crippen molar-refractivity contribution in [3.63, 3.8) is 0 Å². The molecule has 5 nitrogen and oxygen atoms in total. The Labute approximate surface area is 70.4 Å². The van der Waals surface area contributed by atoms with E-state index in [-0.39, 0.29) is 13.0 Å². The molecule has 5 heteroatoms. The number of ether oxygens (including phenoxy) is 1. The number of primary amides is 1. The molecule has 0 saturated carbocycles. The molecule has 1 unspecified atom stereocenters. The van der Waals surface area contributed by atoms with Crippen LogP contribution in [0.2, 0.25) is 0 Å². The molecule has 0 fully saturated rings. The summed E-state index contributed by atoms with van der Waals surface area (Å²) in [4.78, 5) is 21.1. The summed E-state index contributed by atoms with van der Waals surface area (Å²) in [7, 11) is 0. The van der Waals surface area contributed by atoms with Gasteiger partial charge in [-0.3, -0.25) is 9.59 Å². The van der Waals surface area contributed by atoms with E-state index in [1.165, 1.54) is 6.08 Å². The predicted molar refractivity (Wildman–Crippen MR) is 42.9 cm³/mol. The zero-order chi connectivity index (χ0) is 9.56. The second-order valence-corrected chi connectivity index (χ2v) is 2.20. The Morgan fingerprint density at radius 1 is 1.58 bits per heavy atom. The van der Waals surface area contributed by atoms with Crippen LogP contribution in [-0.4, -0.2) is 24.5 Å². The molecule has 0 saturated heterocycles. The topological polar surface area (TPSA) is 95.4 Å². The van der Waals surface area contributed by atoms with Gasteiger partial charge in [0.15, 0.2) is 0 Å². The Kier molecular flexibility index (Phi) is 4.71. The van der Waals surface area contributed by atoms with Crippen LogP contribution in [0.1, 0.15) is 6.42 Å². The number of carbonyl (C=O) groups is 2. The molecule has 68 valence electrons. The van der Waals surface area contributed by atoms with E-state index in [0.717, 1.165) is 0 Å². The number of esters is 1. The Morgan fingerprint density at radius 3 is 2.58 bits per heavy atom. The molecule has 0 spiro atoms. The molecule has 0 bridgehead atoms. The Balaban J connectivity index is 3.76. The summed E-state index contributed by atoms with van der Waals surface area (Å²) in [5, 5.41) is 0. The highest BCUT2D eigenvalue weighted by atomic mass is 16.5. The summed E-state index contributed by atoms with van der Waals surface area (Å²) >= 11 is 0. The maximum Gasteiger partial charge on any atom is 0.323 e. The van der Waals surface area contributed by atoms with Gasteiger partial charge in [-0.1, -0.05) is 12.7 Å². The average Bonchev–Trinajstić information content (AvgIpc) is 1.98. The van der Waals surface area contributed by atoms with Crippen molar-refractivity contribution in [2.75, 3.05) is 6.61 Å². The third-order valence-electron chi connectivity index (χ3n) is 1.07. The summed E-state index contributed by atoms with van der Waals surface area (Å²) < 4.78 is 4.56. The molecule has 0 radical (unpaired) electrons. The van der Waals surface area contributed by atoms with Crippen molar-refractivity contribution in [1.29, 1.82) is 0 Å². The summed E-state index contributed by atoms with van der Waals surface area (Å²) in [5.74, 6) is -1.27. The van der Waals surface area contributed by atoms with Crippen LogP contribution >= 0.6 is 0 Å². The van der Waals surface area contributed by atoms with Gasteiger partial charge in [0.05, 0.1) is 6.42 Å². The van der Waals surface area contributed by atoms with Gasteiger partial charge in [0.1, 0.15) is 12.6 Å². The smallest absolute Gasteiger partial charge is 0.323 e. The van der Waals surface area contributed by atoms with E-state index >= 15 is 0 Å². The third-order valence-corrected chi connectivity index (χ3v) is 1.07. The number of hydrogen-bond donors (Lipinski definition) is 2. The molecule has 1 atom stereocenters. The van der Waals surface area contributed by atoms with Gasteiger partial charge in [-0.25, -0.2) is 0 Å². The molecule has 12 heavy (non-hydrogen) atoms. The lowest BCUT2D eigenvalue weighted by atomic mass is 10.2. The van der Waals surface area contributed by atoms with Crippen molar-refractivity contribution in [2.24, 2.45) is 11.5 Å². The van der Waals surface area contributed by atoms with E-state index in [9.17, 15) is 9.59 Å². The molecule has 1 amide bonds. The van der Waals surface area contributed by atoms with Gasteiger partial charge in [-0.2, -0.15) is 0 Å². The van der Waals surface area contributed by atoms with Gasteiger partial charge in [0, 0.05) is 0 Å². The highest BCUT2D eigenvalue weighted by molar-refractivity contribution is 5.84. The Morgan fingerprint density at radius 2 is 2.17 bits per heavy atom. The highest BCUT2D eigenvalue weighted by Crippen LogP contribution is 1.91. The summed E-state index contributed by atoms with van der Waals surface area (Å²) in [5.41, 5.74) is 10.1. The zero-order valence-corrected chi connectivity index (χ0v) is 6.66. The first-order valence-electron chi connectivity index (χ1n) is 3.39. The van der Waals surface area contributed by atoms with E-state index in [1.807, 2.05) is 0 Å². The number of nitrogens with two attached hydrogens (primary N) is 2. The van der Waals surface area contributed by atoms with Crippen LogP contribution in [0.5, 0.6) is 0 Å². The maximum absolute atomic E-state index is 10.8. The van der Waals surface area contributed by atoms with E-state index < -0.39 is 17.9 Å². The van der Waals surface area contributed by atoms with Crippen LogP contribution in [0, 0.1) is 0 Å². The van der Waals surface area contributed by atoms with Gasteiger partial charge >= 0.3 is 5.97 Å². The van der Waals surface area contributed by atoms with E-state index in [2.05, 4.69) is 11.3 Å². The fourth-order valence-corrected chi connectivity index (χ4v) is 0.548. The molecule has 4 N–H and O–H groups in total. The lowest BCUT2D eigenvalue weighted by Gasteiger charge is -2.07. The van der Waals surface area contributed by atoms with Crippen molar-refractivity contribution >= 4 is 11.9 Å². The number of amides is 1. The van der Waals surface area contributed by atoms with Crippen LogP contribution < -0.4 is 11.5 Å². The second kappa shape index (κ2) is 5.31. The normalized spacial score (nSPS) is 11.8. The van der Waals surface area contributed by atoms with Crippen molar-refractivity contribution in [1.82, 2.24) is 0 Å². The zero-order valence-electron chi connectivity index (χ0n) is 6.66. The van der Waals surface area contributed by atoms with Crippen LogP contribution in [0.25, 0.3) is 0 Å². The molecular formula is C7H12N2O3. The lowest BCUT2D eigenvalue weighted by Crippen LogP contribution is -2.36. The van der Waals surface area contributed by atoms with Crippen LogP contribution in [0.4, 0.5) is 0 Å². The maximum atomic E-state index is 10.8. The van der Waals surface area contributed by atoms with Crippen LogP contribution in [-0.2, 0) is 14.3 Å². The van der Waals surface area contributed by atoms with Crippen LogP contribution in [0.3, 0.4) is 0 Å². The molecule has 0 heterocycles. The van der Waals surface area contributed by atoms with E-state index in [4.69, 9.17) is 11.5 Å². The van der Waals surface area contributed by atoms with Crippen molar-refractivity contribution < 1.29 is 14.3 Å². The quantitative estimate of drug-likeness (QED) is 0.407. The first kappa shape index (κ1) is 10.6. The van der Waals surface area contributed by atoms with Gasteiger partial charge in [-0.05, 0) is 0 Å². The molecule has 0 aliphatic rings. The summed E-state index contributed by atoms with van der Waals surface area (Å²) in [6.07, 6.45) is 1.21. The van der Waals surface area contributed by atoms with Gasteiger partial charge < -0.3 is 16.2 Å². The standard InChI is InChI=1S/C7H12N2O3/c1-2-3-12-7(11)5(8)4-6(9)10/h2,5H,1,3-4,8H2,(H2,9,10). The van der Waals surface area contributed by atoms with E-state index in [1.54, 1.807) is 0 Å². The Bertz CT molecular complexity index is 191. The SMILES string of the molecule is C=CCOC(=O)C(N)CC(N)=O. The van der Waals surface area contributed by atoms with Crippen molar-refractivity contribution in [2.45, 2.75) is 12.5 Å². The van der Waals surface area contributed by atoms with E-state index in [0.29, 0.717) is 0 Å². The monoisotopic (exact) mass is 172 g/mol. The minimum Gasteiger partial charge on any atom is -0.460 e. The molecular weight excluding hydrogens is 160 g/mol. The minimum absolute atomic E-state index is 0.0886. The molecule has 0 aromatic carbocycles. The van der Waals surface area contributed by atoms with Crippen molar-refractivity contribution in [3.05, 3.63) is 12.7 Å². The molecule has 0 aliphatic carbocycles. The molecule has 0 aliphatic heterocycles. The average molecular weight is 172 g/mol. The third kappa shape index (κ3) is 4.45. The minimum atomic E-state index is -0.970. The fraction of sp³-hybridized carbons (Fsp3) is 0.429.